The molecule has 0 amide bonds. The molecule has 0 fully saturated rings. The number of nitrogens with one attached hydrogen (secondary N) is 1. The number of halogens is 6. The molecule has 0 aliphatic heterocycles. The molecule has 0 saturated carbocycles. The van der Waals surface area contributed by atoms with Crippen molar-refractivity contribution < 1.29 is 17.6 Å². The van der Waals surface area contributed by atoms with E-state index in [2.05, 4.69) is 5.32 Å². The molecule has 7 heteroatoms. The second-order valence-electron chi connectivity index (χ2n) is 4.15. The van der Waals surface area contributed by atoms with Crippen LogP contribution in [0.4, 0.5) is 17.6 Å². The van der Waals surface area contributed by atoms with Crippen LogP contribution >= 0.6 is 23.2 Å². The second kappa shape index (κ2) is 6.77. The molecule has 0 saturated heterocycles. The van der Waals surface area contributed by atoms with Crippen molar-refractivity contribution in [1.82, 2.24) is 5.32 Å². The molecule has 1 nitrogen and oxygen atoms in total. The normalized spacial score (nSPS) is 13.6. The Bertz CT molecular complexity index is 434. The fourth-order valence-corrected chi connectivity index (χ4v) is 2.35. The molecular weight excluding hydrogens is 305 g/mol. The van der Waals surface area contributed by atoms with E-state index < -0.39 is 24.5 Å². The highest BCUT2D eigenvalue weighted by molar-refractivity contribution is 6.36. The number of benzene rings is 1. The van der Waals surface area contributed by atoms with Gasteiger partial charge in [-0.05, 0) is 32.0 Å². The Labute approximate surface area is 118 Å². The Morgan fingerprint density at radius 2 is 1.89 bits per heavy atom. The molecule has 1 rings (SSSR count). The minimum atomic E-state index is -4.17. The molecule has 0 bridgehead atoms. The van der Waals surface area contributed by atoms with Crippen LogP contribution in [0.25, 0.3) is 0 Å². The largest absolute Gasteiger partial charge is 0.389 e. The molecule has 1 aromatic carbocycles. The number of rotatable bonds is 5. The third-order valence-electron chi connectivity index (χ3n) is 2.60. The summed E-state index contributed by atoms with van der Waals surface area (Å²) in [6.45, 7) is 1.81. The molecule has 1 unspecified atom stereocenters. The first-order chi connectivity index (χ1) is 8.72. The zero-order valence-corrected chi connectivity index (χ0v) is 11.6. The molecule has 108 valence electrons. The monoisotopic (exact) mass is 317 g/mol. The third-order valence-corrected chi connectivity index (χ3v) is 3.31. The van der Waals surface area contributed by atoms with E-state index in [1.54, 1.807) is 6.92 Å². The zero-order valence-electron chi connectivity index (χ0n) is 10.1. The van der Waals surface area contributed by atoms with Crippen molar-refractivity contribution in [3.63, 3.8) is 0 Å². The maximum absolute atomic E-state index is 13.3. The van der Waals surface area contributed by atoms with Crippen LogP contribution in [0, 0.1) is 5.82 Å². The molecule has 0 aliphatic rings. The van der Waals surface area contributed by atoms with Gasteiger partial charge in [-0.25, -0.2) is 4.39 Å². The van der Waals surface area contributed by atoms with E-state index >= 15 is 0 Å². The van der Waals surface area contributed by atoms with Gasteiger partial charge in [0.2, 0.25) is 0 Å². The SMILES string of the molecule is CC(NCCCC(F)(F)F)c1c(Cl)ccc(F)c1Cl. The molecule has 19 heavy (non-hydrogen) atoms. The average Bonchev–Trinajstić information content (AvgIpc) is 2.29. The lowest BCUT2D eigenvalue weighted by Gasteiger charge is -2.17. The molecule has 1 atom stereocenters. The van der Waals surface area contributed by atoms with Gasteiger partial charge in [0.15, 0.2) is 0 Å². The fourth-order valence-electron chi connectivity index (χ4n) is 1.65. The van der Waals surface area contributed by atoms with E-state index in [0.29, 0.717) is 5.56 Å². The summed E-state index contributed by atoms with van der Waals surface area (Å²) in [5, 5.41) is 3.02. The van der Waals surface area contributed by atoms with Gasteiger partial charge in [0.25, 0.3) is 0 Å². The lowest BCUT2D eigenvalue weighted by Crippen LogP contribution is -2.22. The van der Waals surface area contributed by atoms with Gasteiger partial charge in [0.05, 0.1) is 5.02 Å². The maximum Gasteiger partial charge on any atom is 0.389 e. The summed E-state index contributed by atoms with van der Waals surface area (Å²) in [7, 11) is 0. The average molecular weight is 318 g/mol. The van der Waals surface area contributed by atoms with Crippen molar-refractivity contribution in [2.24, 2.45) is 0 Å². The summed E-state index contributed by atoms with van der Waals surface area (Å²) in [5.41, 5.74) is 0.357. The predicted molar refractivity (Wildman–Crippen MR) is 68.1 cm³/mol. The zero-order chi connectivity index (χ0) is 14.6. The Morgan fingerprint density at radius 1 is 1.26 bits per heavy atom. The number of hydrogen-bond donors (Lipinski definition) is 1. The van der Waals surface area contributed by atoms with Crippen LogP contribution in [0.3, 0.4) is 0 Å². The highest BCUT2D eigenvalue weighted by Gasteiger charge is 2.26. The van der Waals surface area contributed by atoms with E-state index in [0.717, 1.165) is 6.07 Å². The molecule has 0 aromatic heterocycles. The van der Waals surface area contributed by atoms with Crippen LogP contribution in [0.5, 0.6) is 0 Å². The van der Waals surface area contributed by atoms with Gasteiger partial charge in [-0.15, -0.1) is 0 Å². The van der Waals surface area contributed by atoms with E-state index in [4.69, 9.17) is 23.2 Å². The Morgan fingerprint density at radius 3 is 2.47 bits per heavy atom. The summed E-state index contributed by atoms with van der Waals surface area (Å²) < 4.78 is 49.2. The summed E-state index contributed by atoms with van der Waals surface area (Å²) in [5.74, 6) is -0.606. The van der Waals surface area contributed by atoms with Gasteiger partial charge in [-0.1, -0.05) is 23.2 Å². The lowest BCUT2D eigenvalue weighted by molar-refractivity contribution is -0.135. The number of alkyl halides is 3. The summed E-state index contributed by atoms with van der Waals surface area (Å²) in [6.07, 6.45) is -5.09. The first-order valence-electron chi connectivity index (χ1n) is 5.66. The van der Waals surface area contributed by atoms with Gasteiger partial charge in [0.1, 0.15) is 5.82 Å². The lowest BCUT2D eigenvalue weighted by atomic mass is 10.1. The Hall–Kier alpha value is -0.520. The van der Waals surface area contributed by atoms with Crippen molar-refractivity contribution in [3.05, 3.63) is 33.6 Å². The van der Waals surface area contributed by atoms with Gasteiger partial charge in [-0.2, -0.15) is 13.2 Å². The second-order valence-corrected chi connectivity index (χ2v) is 4.94. The van der Waals surface area contributed by atoms with Crippen molar-refractivity contribution in [1.29, 1.82) is 0 Å². The van der Waals surface area contributed by atoms with E-state index in [9.17, 15) is 17.6 Å². The van der Waals surface area contributed by atoms with Crippen LogP contribution in [0.2, 0.25) is 10.0 Å². The van der Waals surface area contributed by atoms with Crippen LogP contribution in [-0.2, 0) is 0 Å². The highest BCUT2D eigenvalue weighted by Crippen LogP contribution is 2.32. The van der Waals surface area contributed by atoms with Crippen LogP contribution in [0.15, 0.2) is 12.1 Å². The smallest absolute Gasteiger partial charge is 0.310 e. The maximum atomic E-state index is 13.3. The number of hydrogen-bond acceptors (Lipinski definition) is 1. The van der Waals surface area contributed by atoms with Crippen LogP contribution in [-0.4, -0.2) is 12.7 Å². The first kappa shape index (κ1) is 16.5. The van der Waals surface area contributed by atoms with Crippen molar-refractivity contribution in [2.75, 3.05) is 6.54 Å². The molecule has 0 aliphatic carbocycles. The highest BCUT2D eigenvalue weighted by atomic mass is 35.5. The first-order valence-corrected chi connectivity index (χ1v) is 6.41. The van der Waals surface area contributed by atoms with Gasteiger partial charge < -0.3 is 5.32 Å². The van der Waals surface area contributed by atoms with Crippen molar-refractivity contribution in [3.8, 4) is 0 Å². The quantitative estimate of drug-likeness (QED) is 0.451. The minimum absolute atomic E-state index is 0.0571. The fraction of sp³-hybridized carbons (Fsp3) is 0.500. The van der Waals surface area contributed by atoms with Gasteiger partial charge in [0, 0.05) is 23.0 Å². The third kappa shape index (κ3) is 5.16. The van der Waals surface area contributed by atoms with Crippen molar-refractivity contribution >= 4 is 23.2 Å². The molecule has 0 spiro atoms. The molecular formula is C12H13Cl2F4N. The molecule has 1 N–H and O–H groups in total. The van der Waals surface area contributed by atoms with Crippen molar-refractivity contribution in [2.45, 2.75) is 32.0 Å². The van der Waals surface area contributed by atoms with E-state index in [-0.39, 0.29) is 23.0 Å². The van der Waals surface area contributed by atoms with Crippen LogP contribution in [0.1, 0.15) is 31.4 Å². The standard InChI is InChI=1S/C12H13Cl2F4N/c1-7(19-6-2-5-12(16,17)18)10-8(13)3-4-9(15)11(10)14/h3-4,7,19H,2,5-6H2,1H3. The minimum Gasteiger partial charge on any atom is -0.310 e. The van der Waals surface area contributed by atoms with Gasteiger partial charge >= 0.3 is 6.18 Å². The van der Waals surface area contributed by atoms with Gasteiger partial charge in [-0.3, -0.25) is 0 Å². The molecule has 1 aromatic rings. The summed E-state index contributed by atoms with van der Waals surface area (Å²) >= 11 is 11.7. The summed E-state index contributed by atoms with van der Waals surface area (Å²) in [4.78, 5) is 0. The molecule has 0 heterocycles. The summed E-state index contributed by atoms with van der Waals surface area (Å²) in [6, 6.07) is 2.08. The topological polar surface area (TPSA) is 12.0 Å². The van der Waals surface area contributed by atoms with E-state index in [1.807, 2.05) is 0 Å². The Kier molecular flexibility index (Phi) is 5.89. The Balaban J connectivity index is 2.59. The van der Waals surface area contributed by atoms with E-state index in [1.165, 1.54) is 6.07 Å². The molecule has 0 radical (unpaired) electrons. The van der Waals surface area contributed by atoms with Crippen LogP contribution < -0.4 is 5.32 Å². The predicted octanol–water partition coefficient (Wildman–Crippen LogP) is 5.13.